The average molecular weight is 99.2 g/mol. The van der Waals surface area contributed by atoms with Gasteiger partial charge in [-0.2, -0.15) is 0 Å². The zero-order chi connectivity index (χ0) is 2.71. The van der Waals surface area contributed by atoms with E-state index in [9.17, 15) is 0 Å². The molecule has 0 spiro atoms. The Balaban J connectivity index is 0. The van der Waals surface area contributed by atoms with Crippen LogP contribution in [0, 0.1) is 0 Å². The summed E-state index contributed by atoms with van der Waals surface area (Å²) in [5.41, 5.74) is 0. The third-order valence-electron chi connectivity index (χ3n) is 0. The van der Waals surface area contributed by atoms with Gasteiger partial charge in [-0.3, -0.25) is 0 Å². The van der Waals surface area contributed by atoms with Crippen molar-refractivity contribution < 1.29 is 0 Å². The third-order valence-corrected chi connectivity index (χ3v) is 0. The SMILES string of the molecule is C[C]=S.[KH]. The zero-order valence-corrected chi connectivity index (χ0v) is 2.72. The van der Waals surface area contributed by atoms with Crippen LogP contribution < -0.4 is 0 Å². The van der Waals surface area contributed by atoms with Gasteiger partial charge in [0.15, 0.2) is 0 Å². The van der Waals surface area contributed by atoms with Crippen LogP contribution in [0.5, 0.6) is 0 Å². The topological polar surface area (TPSA) is 0 Å². The van der Waals surface area contributed by atoms with Crippen LogP contribution in [0.3, 0.4) is 0 Å². The third kappa shape index (κ3) is 9.29. The van der Waals surface area contributed by atoms with Crippen molar-refractivity contribution in [2.24, 2.45) is 0 Å². The molecule has 4 heavy (non-hydrogen) atoms. The van der Waals surface area contributed by atoms with E-state index < -0.39 is 0 Å². The van der Waals surface area contributed by atoms with Crippen LogP contribution in [-0.4, -0.2) is 56.8 Å². The van der Waals surface area contributed by atoms with Crippen molar-refractivity contribution in [1.29, 1.82) is 0 Å². The fourth-order valence-electron chi connectivity index (χ4n) is 0. The number of hydrogen-bond donors (Lipinski definition) is 0. The first kappa shape index (κ1) is 9.21. The van der Waals surface area contributed by atoms with Crippen LogP contribution in [-0.2, 0) is 0 Å². The van der Waals surface area contributed by atoms with Crippen molar-refractivity contribution in [1.82, 2.24) is 0 Å². The van der Waals surface area contributed by atoms with Gasteiger partial charge in [-0.05, 0) is 6.92 Å². The molecule has 0 amide bonds. The molecular weight excluding hydrogens is 95.2 g/mol. The Hall–Kier alpha value is 1.73. The Kier molecular flexibility index (Phi) is 20.3. The van der Waals surface area contributed by atoms with Gasteiger partial charge in [-0.15, -0.1) is 0 Å². The van der Waals surface area contributed by atoms with Crippen molar-refractivity contribution in [2.75, 3.05) is 0 Å². The molecule has 0 atom stereocenters. The summed E-state index contributed by atoms with van der Waals surface area (Å²) in [5.74, 6) is 0. The average Bonchev–Trinajstić information content (AvgIpc) is 0.918. The quantitative estimate of drug-likeness (QED) is 0.309. The monoisotopic (exact) mass is 99.0 g/mol. The van der Waals surface area contributed by atoms with Gasteiger partial charge in [0.2, 0.25) is 0 Å². The van der Waals surface area contributed by atoms with E-state index in [0.29, 0.717) is 0 Å². The maximum absolute atomic E-state index is 4.14. The van der Waals surface area contributed by atoms with Crippen molar-refractivity contribution in [3.63, 3.8) is 0 Å². The van der Waals surface area contributed by atoms with E-state index in [2.05, 4.69) is 17.6 Å². The number of hydrogen-bond acceptors (Lipinski definition) is 1. The van der Waals surface area contributed by atoms with Crippen molar-refractivity contribution in [2.45, 2.75) is 6.92 Å². The van der Waals surface area contributed by atoms with Gasteiger partial charge in [0.05, 0.1) is 0 Å². The van der Waals surface area contributed by atoms with E-state index in [1.165, 1.54) is 0 Å². The van der Waals surface area contributed by atoms with Gasteiger partial charge in [-0.25, -0.2) is 0 Å². The predicted octanol–water partition coefficient (Wildman–Crippen LogP) is 0.234. The van der Waals surface area contributed by atoms with Crippen LogP contribution >= 0.6 is 12.2 Å². The molecule has 0 unspecified atom stereocenters. The van der Waals surface area contributed by atoms with Crippen LogP contribution in [0.4, 0.5) is 0 Å². The van der Waals surface area contributed by atoms with Gasteiger partial charge < -0.3 is 0 Å². The van der Waals surface area contributed by atoms with E-state index in [0.717, 1.165) is 0 Å². The molecule has 0 aliphatic carbocycles. The van der Waals surface area contributed by atoms with Crippen LogP contribution in [0.1, 0.15) is 6.92 Å². The summed E-state index contributed by atoms with van der Waals surface area (Å²) in [6.45, 7) is 1.69. The number of rotatable bonds is 0. The standard InChI is InChI=1S/C2H3S.K.H/c1-2-3;;/h1H3;;. The molecule has 0 fully saturated rings. The van der Waals surface area contributed by atoms with Crippen LogP contribution in [0.25, 0.3) is 0 Å². The summed E-state index contributed by atoms with van der Waals surface area (Å²) in [6.07, 6.45) is 0. The van der Waals surface area contributed by atoms with E-state index in [1.807, 2.05) is 0 Å². The van der Waals surface area contributed by atoms with Gasteiger partial charge in [0, 0.05) is 5.37 Å². The second-order valence-electron chi connectivity index (χ2n) is 0.204. The van der Waals surface area contributed by atoms with E-state index in [1.54, 1.807) is 6.92 Å². The summed E-state index contributed by atoms with van der Waals surface area (Å²) in [4.78, 5) is 0. The first-order valence-corrected chi connectivity index (χ1v) is 1.11. The molecule has 0 bridgehead atoms. The van der Waals surface area contributed by atoms with Crippen LogP contribution in [0.2, 0.25) is 0 Å². The Labute approximate surface area is 74.4 Å². The molecule has 0 saturated heterocycles. The fourth-order valence-corrected chi connectivity index (χ4v) is 0. The van der Waals surface area contributed by atoms with Crippen molar-refractivity contribution in [3.05, 3.63) is 0 Å². The Morgan fingerprint density at radius 1 is 1.75 bits per heavy atom. The summed E-state index contributed by atoms with van der Waals surface area (Å²) in [5, 5.41) is 2.33. The van der Waals surface area contributed by atoms with E-state index >= 15 is 0 Å². The number of thiocarbonyl (C=S) groups is 1. The van der Waals surface area contributed by atoms with Gasteiger partial charge in [0.1, 0.15) is 0 Å². The Morgan fingerprint density at radius 3 is 1.75 bits per heavy atom. The molecule has 0 aromatic heterocycles. The molecule has 0 N–H and O–H groups in total. The molecule has 0 aromatic carbocycles. The van der Waals surface area contributed by atoms with Gasteiger partial charge >= 0.3 is 51.4 Å². The molecule has 1 radical (unpaired) electrons. The molecule has 0 nitrogen and oxygen atoms in total. The van der Waals surface area contributed by atoms with Gasteiger partial charge in [-0.1, -0.05) is 12.2 Å². The van der Waals surface area contributed by atoms with E-state index in [-0.39, 0.29) is 51.4 Å². The summed E-state index contributed by atoms with van der Waals surface area (Å²) in [7, 11) is 0. The molecular formula is C2H4KS. The maximum atomic E-state index is 4.14. The molecule has 2 heteroatoms. The second-order valence-corrected chi connectivity index (χ2v) is 0.612. The molecule has 0 aliphatic rings. The van der Waals surface area contributed by atoms with Crippen LogP contribution in [0.15, 0.2) is 0 Å². The van der Waals surface area contributed by atoms with Crippen molar-refractivity contribution in [3.8, 4) is 0 Å². The van der Waals surface area contributed by atoms with Gasteiger partial charge in [0.25, 0.3) is 0 Å². The molecule has 0 aromatic rings. The van der Waals surface area contributed by atoms with E-state index in [4.69, 9.17) is 0 Å². The molecule has 0 rings (SSSR count). The Morgan fingerprint density at radius 2 is 1.75 bits per heavy atom. The molecule has 0 aliphatic heterocycles. The fraction of sp³-hybridized carbons (Fsp3) is 0.500. The first-order valence-electron chi connectivity index (χ1n) is 0.704. The zero-order valence-electron chi connectivity index (χ0n) is 1.91. The first-order chi connectivity index (χ1) is 1.41. The van der Waals surface area contributed by atoms with Crippen molar-refractivity contribution >= 4 is 69.0 Å². The second kappa shape index (κ2) is 8.83. The summed E-state index contributed by atoms with van der Waals surface area (Å²) < 4.78 is 0. The molecule has 0 saturated carbocycles. The molecule has 0 heterocycles. The minimum atomic E-state index is 0. The normalized spacial score (nSPS) is 3.25. The predicted molar refractivity (Wildman–Crippen MR) is 25.4 cm³/mol. The molecule has 19 valence electrons. The minimum absolute atomic E-state index is 0. The Bertz CT molecular complexity index is 13.5. The summed E-state index contributed by atoms with van der Waals surface area (Å²) in [6, 6.07) is 0. The summed E-state index contributed by atoms with van der Waals surface area (Å²) >= 11 is 4.14.